The summed E-state index contributed by atoms with van der Waals surface area (Å²) in [6.07, 6.45) is 11.8. The number of nitrogens with two attached hydrogens (primary N) is 1. The molecule has 1 aromatic rings. The van der Waals surface area contributed by atoms with Gasteiger partial charge >= 0.3 is 0 Å². The molecular formula is C16H24N4. The average molecular weight is 272 g/mol. The van der Waals surface area contributed by atoms with Crippen molar-refractivity contribution in [3.8, 4) is 0 Å². The van der Waals surface area contributed by atoms with Crippen molar-refractivity contribution < 1.29 is 0 Å². The largest absolute Gasteiger partial charge is 0.310 e. The van der Waals surface area contributed by atoms with Gasteiger partial charge in [-0.25, -0.2) is 9.67 Å². The van der Waals surface area contributed by atoms with E-state index < -0.39 is 0 Å². The van der Waals surface area contributed by atoms with Crippen LogP contribution in [0.25, 0.3) is 0 Å². The first-order valence-corrected chi connectivity index (χ1v) is 8.43. The van der Waals surface area contributed by atoms with Gasteiger partial charge < -0.3 is 5.73 Å². The monoisotopic (exact) mass is 272 g/mol. The van der Waals surface area contributed by atoms with Gasteiger partial charge in [0.1, 0.15) is 12.0 Å². The van der Waals surface area contributed by atoms with Gasteiger partial charge in [0.05, 0.1) is 0 Å². The molecule has 4 bridgehead atoms. The fourth-order valence-electron chi connectivity index (χ4n) is 5.99. The highest BCUT2D eigenvalue weighted by molar-refractivity contribution is 5.18. The zero-order chi connectivity index (χ0) is 13.3. The molecule has 1 unspecified atom stereocenters. The Morgan fingerprint density at radius 3 is 2.30 bits per heavy atom. The Labute approximate surface area is 120 Å². The number of hydrogen-bond acceptors (Lipinski definition) is 3. The molecule has 5 aliphatic rings. The van der Waals surface area contributed by atoms with Crippen molar-refractivity contribution in [1.82, 2.24) is 14.8 Å². The predicted molar refractivity (Wildman–Crippen MR) is 76.0 cm³/mol. The third-order valence-electron chi connectivity index (χ3n) is 6.43. The lowest BCUT2D eigenvalue weighted by atomic mass is 9.49. The Morgan fingerprint density at radius 1 is 1.05 bits per heavy atom. The molecule has 6 rings (SSSR count). The van der Waals surface area contributed by atoms with E-state index in [2.05, 4.69) is 0 Å². The van der Waals surface area contributed by atoms with Crippen molar-refractivity contribution >= 4 is 0 Å². The first-order chi connectivity index (χ1) is 9.72. The second-order valence-corrected chi connectivity index (χ2v) is 7.95. The number of fused-ring (bicyclic) bond motifs is 1. The van der Waals surface area contributed by atoms with Crippen molar-refractivity contribution in [2.75, 3.05) is 0 Å². The summed E-state index contributed by atoms with van der Waals surface area (Å²) in [6.45, 7) is 0. The van der Waals surface area contributed by atoms with Gasteiger partial charge in [0, 0.05) is 11.8 Å². The van der Waals surface area contributed by atoms with Gasteiger partial charge in [0.2, 0.25) is 0 Å². The zero-order valence-corrected chi connectivity index (χ0v) is 12.1. The van der Waals surface area contributed by atoms with Gasteiger partial charge in [-0.3, -0.25) is 0 Å². The molecule has 0 aromatic carbocycles. The van der Waals surface area contributed by atoms with Crippen LogP contribution in [0.5, 0.6) is 0 Å². The van der Waals surface area contributed by atoms with Gasteiger partial charge in [0.15, 0.2) is 5.82 Å². The molecule has 108 valence electrons. The van der Waals surface area contributed by atoms with E-state index in [1.54, 1.807) is 0 Å². The molecule has 20 heavy (non-hydrogen) atoms. The van der Waals surface area contributed by atoms with Crippen LogP contribution in [0.15, 0.2) is 0 Å². The van der Waals surface area contributed by atoms with E-state index in [-0.39, 0.29) is 6.17 Å². The molecule has 4 fully saturated rings. The first kappa shape index (κ1) is 11.7. The molecule has 2 heterocycles. The lowest BCUT2D eigenvalue weighted by Crippen LogP contribution is -2.49. The number of nitrogens with zero attached hydrogens (tertiary/aromatic N) is 3. The fourth-order valence-corrected chi connectivity index (χ4v) is 5.99. The van der Waals surface area contributed by atoms with Crippen molar-refractivity contribution in [3.63, 3.8) is 0 Å². The molecule has 0 spiro atoms. The van der Waals surface area contributed by atoms with Gasteiger partial charge in [0.25, 0.3) is 0 Å². The highest BCUT2D eigenvalue weighted by Crippen LogP contribution is 2.60. The van der Waals surface area contributed by atoms with Crippen LogP contribution in [-0.4, -0.2) is 14.8 Å². The van der Waals surface area contributed by atoms with E-state index >= 15 is 0 Å². The van der Waals surface area contributed by atoms with Crippen LogP contribution in [0.3, 0.4) is 0 Å². The molecular weight excluding hydrogens is 248 g/mol. The van der Waals surface area contributed by atoms with Crippen molar-refractivity contribution in [3.05, 3.63) is 11.6 Å². The maximum absolute atomic E-state index is 6.21. The van der Waals surface area contributed by atoms with Crippen LogP contribution in [0.4, 0.5) is 0 Å². The summed E-state index contributed by atoms with van der Waals surface area (Å²) in [4.78, 5) is 4.96. The Kier molecular flexibility index (Phi) is 2.25. The molecule has 1 atom stereocenters. The van der Waals surface area contributed by atoms with Crippen LogP contribution < -0.4 is 5.73 Å². The van der Waals surface area contributed by atoms with Gasteiger partial charge in [-0.2, -0.15) is 5.10 Å². The molecule has 0 radical (unpaired) electrons. The molecule has 4 aliphatic carbocycles. The minimum Gasteiger partial charge on any atom is -0.310 e. The number of aromatic nitrogens is 3. The summed E-state index contributed by atoms with van der Waals surface area (Å²) in [5.74, 6) is 5.17. The van der Waals surface area contributed by atoms with Crippen LogP contribution in [0.1, 0.15) is 69.2 Å². The molecule has 0 amide bonds. The standard InChI is InChI=1S/C16H24N4/c17-13-2-1-3-14-18-15(19-20(13)14)16-7-10-4-11(8-16)6-12(5-10)9-16/h10-13H,1-9,17H2. The summed E-state index contributed by atoms with van der Waals surface area (Å²) >= 11 is 0. The quantitative estimate of drug-likeness (QED) is 0.854. The van der Waals surface area contributed by atoms with Crippen molar-refractivity contribution in [2.24, 2.45) is 23.5 Å². The zero-order valence-electron chi connectivity index (χ0n) is 12.1. The van der Waals surface area contributed by atoms with Crippen molar-refractivity contribution in [1.29, 1.82) is 0 Å². The SMILES string of the molecule is NC1CCCc2nc(C34CC5CC(CC(C5)C3)C4)nn21. The molecule has 1 aliphatic heterocycles. The molecule has 4 heteroatoms. The van der Waals surface area contributed by atoms with E-state index in [0.29, 0.717) is 5.41 Å². The highest BCUT2D eigenvalue weighted by Gasteiger charge is 2.53. The smallest absolute Gasteiger partial charge is 0.157 e. The van der Waals surface area contributed by atoms with Crippen LogP contribution in [0, 0.1) is 17.8 Å². The van der Waals surface area contributed by atoms with Gasteiger partial charge in [-0.1, -0.05) is 0 Å². The summed E-state index contributed by atoms with van der Waals surface area (Å²) in [5, 5.41) is 4.90. The first-order valence-electron chi connectivity index (χ1n) is 8.43. The normalized spacial score (nSPS) is 45.6. The summed E-state index contributed by atoms with van der Waals surface area (Å²) in [6, 6.07) is 0. The summed E-state index contributed by atoms with van der Waals surface area (Å²) in [5.41, 5.74) is 6.53. The van der Waals surface area contributed by atoms with E-state index in [1.807, 2.05) is 4.68 Å². The number of aryl methyl sites for hydroxylation is 1. The van der Waals surface area contributed by atoms with Crippen LogP contribution >= 0.6 is 0 Å². The van der Waals surface area contributed by atoms with Crippen LogP contribution in [-0.2, 0) is 11.8 Å². The minimum atomic E-state index is 0.0638. The van der Waals surface area contributed by atoms with Crippen molar-refractivity contribution in [2.45, 2.75) is 69.4 Å². The Balaban J connectivity index is 1.56. The number of rotatable bonds is 1. The number of hydrogen-bond donors (Lipinski definition) is 1. The second kappa shape index (κ2) is 3.85. The summed E-state index contributed by atoms with van der Waals surface area (Å²) in [7, 11) is 0. The third kappa shape index (κ3) is 1.51. The Morgan fingerprint density at radius 2 is 1.70 bits per heavy atom. The fraction of sp³-hybridized carbons (Fsp3) is 0.875. The van der Waals surface area contributed by atoms with E-state index in [4.69, 9.17) is 15.8 Å². The molecule has 4 nitrogen and oxygen atoms in total. The minimum absolute atomic E-state index is 0.0638. The third-order valence-corrected chi connectivity index (χ3v) is 6.43. The topological polar surface area (TPSA) is 56.7 Å². The second-order valence-electron chi connectivity index (χ2n) is 7.95. The van der Waals surface area contributed by atoms with E-state index in [9.17, 15) is 0 Å². The average Bonchev–Trinajstić information content (AvgIpc) is 2.83. The predicted octanol–water partition coefficient (Wildman–Crippen LogP) is 2.54. The molecule has 1 aromatic heterocycles. The molecule has 2 N–H and O–H groups in total. The maximum atomic E-state index is 6.21. The highest BCUT2D eigenvalue weighted by atomic mass is 15.4. The van der Waals surface area contributed by atoms with Gasteiger partial charge in [-0.15, -0.1) is 0 Å². The van der Waals surface area contributed by atoms with E-state index in [0.717, 1.165) is 42.2 Å². The lowest BCUT2D eigenvalue weighted by Gasteiger charge is -2.55. The molecule has 4 saturated carbocycles. The Hall–Kier alpha value is -0.900. The maximum Gasteiger partial charge on any atom is 0.157 e. The van der Waals surface area contributed by atoms with E-state index in [1.165, 1.54) is 44.9 Å². The summed E-state index contributed by atoms with van der Waals surface area (Å²) < 4.78 is 2.04. The van der Waals surface area contributed by atoms with Gasteiger partial charge in [-0.05, 0) is 69.1 Å². The Bertz CT molecular complexity index is 511. The van der Waals surface area contributed by atoms with Crippen LogP contribution in [0.2, 0.25) is 0 Å². The molecule has 0 saturated heterocycles. The lowest BCUT2D eigenvalue weighted by molar-refractivity contribution is -0.00951.